The molecule has 1 aromatic carbocycles. The Bertz CT molecular complexity index is 959. The maximum absolute atomic E-state index is 12.6. The van der Waals surface area contributed by atoms with Gasteiger partial charge in [-0.05, 0) is 12.1 Å². The molecule has 150 valence electrons. The van der Waals surface area contributed by atoms with Crippen molar-refractivity contribution in [1.82, 2.24) is 19.4 Å². The van der Waals surface area contributed by atoms with Gasteiger partial charge >= 0.3 is 0 Å². The van der Waals surface area contributed by atoms with Gasteiger partial charge in [-0.25, -0.2) is 12.7 Å². The predicted molar refractivity (Wildman–Crippen MR) is 108 cm³/mol. The summed E-state index contributed by atoms with van der Waals surface area (Å²) in [4.78, 5) is 14.8. The van der Waals surface area contributed by atoms with Crippen molar-refractivity contribution in [3.05, 3.63) is 29.8 Å². The summed E-state index contributed by atoms with van der Waals surface area (Å²) >= 11 is 4.26. The summed E-state index contributed by atoms with van der Waals surface area (Å²) in [7, 11) is -3.79. The highest BCUT2D eigenvalue weighted by molar-refractivity contribution is 8.03. The average Bonchev–Trinajstić information content (AvgIpc) is 3.23. The van der Waals surface area contributed by atoms with Gasteiger partial charge in [-0.3, -0.25) is 9.69 Å². The Morgan fingerprint density at radius 3 is 2.57 bits per heavy atom. The normalized spacial score (nSPS) is 19.1. The lowest BCUT2D eigenvalue weighted by atomic mass is 10.2. The number of benzene rings is 1. The molecule has 0 N–H and O–H groups in total. The summed E-state index contributed by atoms with van der Waals surface area (Å²) < 4.78 is 32.8. The van der Waals surface area contributed by atoms with Crippen LogP contribution in [0.2, 0.25) is 0 Å². The minimum Gasteiger partial charge on any atom is -0.379 e. The molecule has 0 bridgehead atoms. The molecule has 0 saturated carbocycles. The molecule has 2 aliphatic rings. The summed E-state index contributed by atoms with van der Waals surface area (Å²) in [5, 5.41) is 8.26. The van der Waals surface area contributed by atoms with Gasteiger partial charge < -0.3 is 4.74 Å². The highest BCUT2D eigenvalue weighted by Gasteiger charge is 2.40. The lowest BCUT2D eigenvalue weighted by Crippen LogP contribution is -2.37. The highest BCUT2D eigenvalue weighted by atomic mass is 32.2. The molecule has 4 rings (SSSR count). The summed E-state index contributed by atoms with van der Waals surface area (Å²) in [5.41, 5.74) is 0.222. The summed E-state index contributed by atoms with van der Waals surface area (Å²) in [6.07, 6.45) is 0. The number of nitrogens with zero attached hydrogens (tertiary/aromatic N) is 4. The monoisotopic (exact) mass is 458 g/mol. The molecule has 1 saturated heterocycles. The molecule has 1 amide bonds. The van der Waals surface area contributed by atoms with Crippen LogP contribution < -0.4 is 0 Å². The zero-order chi connectivity index (χ0) is 19.6. The summed E-state index contributed by atoms with van der Waals surface area (Å²) in [5.74, 6) is 0.406. The molecule has 1 aromatic heterocycles. The summed E-state index contributed by atoms with van der Waals surface area (Å²) in [6, 6.07) is 6.27. The Hall–Kier alpha value is -1.18. The second-order valence-corrected chi connectivity index (χ2v) is 11.4. The van der Waals surface area contributed by atoms with Gasteiger partial charge in [0.1, 0.15) is 4.90 Å². The van der Waals surface area contributed by atoms with Crippen LogP contribution in [0, 0.1) is 0 Å². The number of ether oxygens (including phenoxy) is 1. The Balaban J connectivity index is 1.31. The number of fused-ring (bicyclic) bond motifs is 1. The van der Waals surface area contributed by atoms with Gasteiger partial charge in [0, 0.05) is 25.4 Å². The molecule has 2 aromatic rings. The molecule has 12 heteroatoms. The highest BCUT2D eigenvalue weighted by Crippen LogP contribution is 2.34. The van der Waals surface area contributed by atoms with Crippen molar-refractivity contribution >= 4 is 50.8 Å². The van der Waals surface area contributed by atoms with Crippen LogP contribution in [0.25, 0.3) is 0 Å². The van der Waals surface area contributed by atoms with E-state index in [9.17, 15) is 13.2 Å². The minimum absolute atomic E-state index is 0.0110. The third kappa shape index (κ3) is 4.21. The van der Waals surface area contributed by atoms with Crippen molar-refractivity contribution in [2.24, 2.45) is 0 Å². The largest absolute Gasteiger partial charge is 0.379 e. The van der Waals surface area contributed by atoms with E-state index in [1.54, 1.807) is 23.9 Å². The van der Waals surface area contributed by atoms with Gasteiger partial charge in [0.2, 0.25) is 0 Å². The van der Waals surface area contributed by atoms with Crippen molar-refractivity contribution in [3.63, 3.8) is 0 Å². The van der Waals surface area contributed by atoms with E-state index in [0.717, 1.165) is 47.2 Å². The van der Waals surface area contributed by atoms with Crippen LogP contribution in [0.15, 0.2) is 37.8 Å². The third-order valence-electron chi connectivity index (χ3n) is 4.34. The van der Waals surface area contributed by atoms with E-state index >= 15 is 0 Å². The lowest BCUT2D eigenvalue weighted by Gasteiger charge is -2.25. The average molecular weight is 459 g/mol. The van der Waals surface area contributed by atoms with Crippen LogP contribution in [0.5, 0.6) is 0 Å². The molecule has 28 heavy (non-hydrogen) atoms. The van der Waals surface area contributed by atoms with E-state index in [4.69, 9.17) is 4.74 Å². The molecule has 0 spiro atoms. The SMILES string of the molecule is O=C1c2ccccc2S(=O)(=O)N1CSc1nnc(SCCN2CCOCC2)s1. The Labute approximate surface area is 175 Å². The second-order valence-electron chi connectivity index (χ2n) is 6.06. The maximum Gasteiger partial charge on any atom is 0.269 e. The standard InChI is InChI=1S/C16H18N4O4S4/c21-14-12-3-1-2-4-13(12)28(22,23)20(14)11-26-16-18-17-15(27-16)25-10-7-19-5-8-24-9-6-19/h1-4H,5-11H2. The maximum atomic E-state index is 12.6. The first-order valence-electron chi connectivity index (χ1n) is 8.61. The second kappa shape index (κ2) is 8.67. The van der Waals surface area contributed by atoms with Crippen LogP contribution in [0.1, 0.15) is 10.4 Å². The zero-order valence-electron chi connectivity index (χ0n) is 14.8. The number of carbonyl (C=O) groups excluding carboxylic acids is 1. The lowest BCUT2D eigenvalue weighted by molar-refractivity contribution is 0.0410. The van der Waals surface area contributed by atoms with Gasteiger partial charge in [0.15, 0.2) is 8.68 Å². The number of carbonyl (C=O) groups is 1. The van der Waals surface area contributed by atoms with Crippen molar-refractivity contribution in [3.8, 4) is 0 Å². The van der Waals surface area contributed by atoms with Crippen molar-refractivity contribution in [2.45, 2.75) is 13.6 Å². The van der Waals surface area contributed by atoms with Crippen LogP contribution in [-0.2, 0) is 14.8 Å². The number of sulfonamides is 1. The molecular formula is C16H18N4O4S4. The van der Waals surface area contributed by atoms with Crippen molar-refractivity contribution in [2.75, 3.05) is 44.5 Å². The summed E-state index contributed by atoms with van der Waals surface area (Å²) in [6.45, 7) is 4.45. The van der Waals surface area contributed by atoms with Gasteiger partial charge in [-0.1, -0.05) is 47.0 Å². The minimum atomic E-state index is -3.79. The fourth-order valence-corrected chi connectivity index (χ4v) is 7.71. The third-order valence-corrected chi connectivity index (χ3v) is 9.44. The molecule has 0 unspecified atom stereocenters. The van der Waals surface area contributed by atoms with E-state index in [1.807, 2.05) is 0 Å². The molecule has 3 heterocycles. The number of hydrogen-bond acceptors (Lipinski definition) is 10. The molecule has 0 atom stereocenters. The number of thioether (sulfide) groups is 2. The first-order chi connectivity index (χ1) is 13.6. The van der Waals surface area contributed by atoms with Gasteiger partial charge in [0.25, 0.3) is 15.9 Å². The van der Waals surface area contributed by atoms with E-state index in [2.05, 4.69) is 15.1 Å². The van der Waals surface area contributed by atoms with Crippen LogP contribution in [0.3, 0.4) is 0 Å². The van der Waals surface area contributed by atoms with Gasteiger partial charge in [-0.15, -0.1) is 10.2 Å². The number of morpholine rings is 1. The van der Waals surface area contributed by atoms with Crippen molar-refractivity contribution < 1.29 is 17.9 Å². The number of aromatic nitrogens is 2. The molecular weight excluding hydrogens is 440 g/mol. The number of amides is 1. The van der Waals surface area contributed by atoms with Crippen LogP contribution >= 0.6 is 34.9 Å². The Kier molecular flexibility index (Phi) is 6.23. The zero-order valence-corrected chi connectivity index (χ0v) is 18.1. The van der Waals surface area contributed by atoms with Crippen LogP contribution in [0.4, 0.5) is 0 Å². The van der Waals surface area contributed by atoms with Crippen LogP contribution in [-0.4, -0.2) is 78.2 Å². The molecule has 8 nitrogen and oxygen atoms in total. The number of hydrogen-bond donors (Lipinski definition) is 0. The molecule has 0 aliphatic carbocycles. The fraction of sp³-hybridized carbons (Fsp3) is 0.438. The van der Waals surface area contributed by atoms with E-state index in [-0.39, 0.29) is 16.3 Å². The molecule has 1 fully saturated rings. The quantitative estimate of drug-likeness (QED) is 0.576. The Morgan fingerprint density at radius 1 is 1.11 bits per heavy atom. The number of rotatable bonds is 7. The van der Waals surface area contributed by atoms with E-state index < -0.39 is 15.9 Å². The van der Waals surface area contributed by atoms with E-state index in [1.165, 1.54) is 35.2 Å². The van der Waals surface area contributed by atoms with E-state index in [0.29, 0.717) is 4.34 Å². The predicted octanol–water partition coefficient (Wildman–Crippen LogP) is 1.86. The fourth-order valence-electron chi connectivity index (χ4n) is 2.87. The molecule has 0 radical (unpaired) electrons. The first kappa shape index (κ1) is 20.1. The Morgan fingerprint density at radius 2 is 1.82 bits per heavy atom. The van der Waals surface area contributed by atoms with Gasteiger partial charge in [-0.2, -0.15) is 0 Å². The molecule has 2 aliphatic heterocycles. The first-order valence-corrected chi connectivity index (χ1v) is 12.8. The van der Waals surface area contributed by atoms with Crippen molar-refractivity contribution in [1.29, 1.82) is 0 Å². The van der Waals surface area contributed by atoms with Gasteiger partial charge in [0.05, 0.1) is 24.7 Å². The smallest absolute Gasteiger partial charge is 0.269 e. The topological polar surface area (TPSA) is 92.7 Å².